The molecule has 4 aromatic rings. The maximum atomic E-state index is 13.1. The predicted octanol–water partition coefficient (Wildman–Crippen LogP) is 3.58. The molecule has 11 heteroatoms. The van der Waals surface area contributed by atoms with Gasteiger partial charge in [0.25, 0.3) is 10.0 Å². The molecule has 4 rings (SSSR count). The summed E-state index contributed by atoms with van der Waals surface area (Å²) < 4.78 is 28.9. The number of amides is 1. The first-order valence-electron chi connectivity index (χ1n) is 9.65. The lowest BCUT2D eigenvalue weighted by Crippen LogP contribution is -2.14. The van der Waals surface area contributed by atoms with E-state index in [1.807, 2.05) is 13.2 Å². The van der Waals surface area contributed by atoms with Gasteiger partial charge in [0.1, 0.15) is 0 Å². The van der Waals surface area contributed by atoms with Crippen molar-refractivity contribution < 1.29 is 13.2 Å². The van der Waals surface area contributed by atoms with Gasteiger partial charge in [0, 0.05) is 48.0 Å². The van der Waals surface area contributed by atoms with Crippen LogP contribution in [-0.4, -0.2) is 28.1 Å². The van der Waals surface area contributed by atoms with E-state index in [1.165, 1.54) is 18.5 Å². The van der Waals surface area contributed by atoms with Gasteiger partial charge in [0.05, 0.1) is 11.1 Å². The number of halogens is 2. The molecule has 34 heavy (non-hydrogen) atoms. The quantitative estimate of drug-likeness (QED) is 0.297. The van der Waals surface area contributed by atoms with Crippen molar-refractivity contribution in [2.45, 2.75) is 4.90 Å². The number of hydrogen-bond donors (Lipinski definition) is 2. The summed E-state index contributed by atoms with van der Waals surface area (Å²) in [6.07, 6.45) is 7.93. The molecule has 2 heterocycles. The SMILES string of the molecule is Cl.Cl.Cn1cc(-c2ccc(S(=O)(=O)n3ccc(/C=C(\C(N)=O)c4ccccc4N)c3)cc2)cn1. The molecule has 4 N–H and O–H groups in total. The van der Waals surface area contributed by atoms with E-state index in [4.69, 9.17) is 11.5 Å². The van der Waals surface area contributed by atoms with Crippen molar-refractivity contribution in [1.29, 1.82) is 0 Å². The van der Waals surface area contributed by atoms with Gasteiger partial charge in [-0.05, 0) is 41.5 Å². The van der Waals surface area contributed by atoms with Crippen LogP contribution in [0.3, 0.4) is 0 Å². The van der Waals surface area contributed by atoms with E-state index in [0.717, 1.165) is 15.1 Å². The average molecular weight is 520 g/mol. The first-order valence-corrected chi connectivity index (χ1v) is 11.1. The second-order valence-corrected chi connectivity index (χ2v) is 9.06. The van der Waals surface area contributed by atoms with Crippen molar-refractivity contribution >= 4 is 58.1 Å². The molecule has 0 aliphatic heterocycles. The molecule has 0 spiro atoms. The third kappa shape index (κ3) is 5.33. The minimum Gasteiger partial charge on any atom is -0.398 e. The maximum absolute atomic E-state index is 13.1. The normalized spacial score (nSPS) is 11.4. The van der Waals surface area contributed by atoms with Crippen LogP contribution in [0.5, 0.6) is 0 Å². The van der Waals surface area contributed by atoms with Gasteiger partial charge >= 0.3 is 0 Å². The second kappa shape index (κ2) is 10.6. The highest BCUT2D eigenvalue weighted by molar-refractivity contribution is 7.90. The summed E-state index contributed by atoms with van der Waals surface area (Å²) in [5.74, 6) is -0.663. The predicted molar refractivity (Wildman–Crippen MR) is 138 cm³/mol. The van der Waals surface area contributed by atoms with E-state index < -0.39 is 15.9 Å². The first kappa shape index (κ1) is 26.7. The van der Waals surface area contributed by atoms with E-state index in [0.29, 0.717) is 16.8 Å². The monoisotopic (exact) mass is 519 g/mol. The lowest BCUT2D eigenvalue weighted by atomic mass is 10.0. The number of carbonyl (C=O) groups is 1. The molecule has 0 radical (unpaired) electrons. The minimum atomic E-state index is -3.82. The smallest absolute Gasteiger partial charge is 0.267 e. The fourth-order valence-electron chi connectivity index (χ4n) is 3.33. The molecular weight excluding hydrogens is 497 g/mol. The standard InChI is InChI=1S/C23H21N5O3S.2ClH/c1-27-15-18(13-26-27)17-6-8-19(9-7-17)32(30,31)28-11-10-16(14-28)12-21(23(25)29)20-4-2-3-5-22(20)24;;/h2-15H,24H2,1H3,(H2,25,29);2*1H/b21-12-;;. The Morgan fingerprint density at radius 3 is 2.24 bits per heavy atom. The first-order chi connectivity index (χ1) is 15.3. The summed E-state index contributed by atoms with van der Waals surface area (Å²) in [5.41, 5.74) is 14.8. The van der Waals surface area contributed by atoms with E-state index in [-0.39, 0.29) is 35.3 Å². The number of aryl methyl sites for hydroxylation is 1. The fraction of sp³-hybridized carbons (Fsp3) is 0.0435. The fourth-order valence-corrected chi connectivity index (χ4v) is 4.53. The van der Waals surface area contributed by atoms with Crippen molar-refractivity contribution in [2.75, 3.05) is 5.73 Å². The zero-order chi connectivity index (χ0) is 22.9. The van der Waals surface area contributed by atoms with Crippen LogP contribution >= 0.6 is 24.8 Å². The highest BCUT2D eigenvalue weighted by Crippen LogP contribution is 2.25. The molecule has 0 aliphatic carbocycles. The molecule has 2 aromatic carbocycles. The number of benzene rings is 2. The largest absolute Gasteiger partial charge is 0.398 e. The lowest BCUT2D eigenvalue weighted by molar-refractivity contribution is -0.112. The Kier molecular flexibility index (Phi) is 8.33. The molecule has 0 atom stereocenters. The third-order valence-electron chi connectivity index (χ3n) is 4.99. The van der Waals surface area contributed by atoms with Crippen LogP contribution in [0, 0.1) is 0 Å². The highest BCUT2D eigenvalue weighted by Gasteiger charge is 2.18. The van der Waals surface area contributed by atoms with Crippen molar-refractivity contribution in [1.82, 2.24) is 13.8 Å². The molecule has 0 fully saturated rings. The van der Waals surface area contributed by atoms with Crippen LogP contribution in [0.4, 0.5) is 5.69 Å². The van der Waals surface area contributed by atoms with Gasteiger partial charge in [-0.15, -0.1) is 24.8 Å². The van der Waals surface area contributed by atoms with E-state index in [1.54, 1.807) is 65.5 Å². The van der Waals surface area contributed by atoms with E-state index >= 15 is 0 Å². The Labute approximate surface area is 209 Å². The van der Waals surface area contributed by atoms with Crippen LogP contribution in [0.25, 0.3) is 22.8 Å². The minimum absolute atomic E-state index is 0. The van der Waals surface area contributed by atoms with E-state index in [2.05, 4.69) is 5.10 Å². The molecule has 0 saturated heterocycles. The maximum Gasteiger partial charge on any atom is 0.267 e. The van der Waals surface area contributed by atoms with Crippen LogP contribution in [-0.2, 0) is 21.9 Å². The molecular formula is C23H23Cl2N5O3S. The number of nitrogens with two attached hydrogens (primary N) is 2. The molecule has 8 nitrogen and oxygen atoms in total. The Morgan fingerprint density at radius 1 is 0.971 bits per heavy atom. The molecule has 1 amide bonds. The molecule has 2 aromatic heterocycles. The van der Waals surface area contributed by atoms with Gasteiger partial charge in [-0.3, -0.25) is 9.48 Å². The van der Waals surface area contributed by atoms with Gasteiger partial charge in [-0.1, -0.05) is 30.3 Å². The Morgan fingerprint density at radius 2 is 1.65 bits per heavy atom. The Balaban J connectivity index is 0.00000204. The van der Waals surface area contributed by atoms with Gasteiger partial charge in [0.2, 0.25) is 5.91 Å². The summed E-state index contributed by atoms with van der Waals surface area (Å²) in [6, 6.07) is 15.0. The summed E-state index contributed by atoms with van der Waals surface area (Å²) >= 11 is 0. The summed E-state index contributed by atoms with van der Waals surface area (Å²) in [7, 11) is -2.00. The molecule has 0 bridgehead atoms. The molecule has 0 aliphatic rings. The number of nitrogen functional groups attached to an aromatic ring is 1. The van der Waals surface area contributed by atoms with Crippen molar-refractivity contribution in [3.05, 3.63) is 90.5 Å². The van der Waals surface area contributed by atoms with E-state index in [9.17, 15) is 13.2 Å². The number of nitrogens with zero attached hydrogens (tertiary/aromatic N) is 3. The Bertz CT molecular complexity index is 1440. The van der Waals surface area contributed by atoms with Gasteiger partial charge in [-0.2, -0.15) is 5.10 Å². The van der Waals surface area contributed by atoms with Crippen molar-refractivity contribution in [3.8, 4) is 11.1 Å². The van der Waals surface area contributed by atoms with Crippen LogP contribution in [0.15, 0.2) is 84.3 Å². The molecule has 0 unspecified atom stereocenters. The highest BCUT2D eigenvalue weighted by atomic mass is 35.5. The molecule has 178 valence electrons. The van der Waals surface area contributed by atoms with Crippen LogP contribution in [0.2, 0.25) is 0 Å². The summed E-state index contributed by atoms with van der Waals surface area (Å²) in [6.45, 7) is 0. The Hall–Kier alpha value is -3.53. The van der Waals surface area contributed by atoms with Crippen molar-refractivity contribution in [2.24, 2.45) is 12.8 Å². The number of anilines is 1. The van der Waals surface area contributed by atoms with Gasteiger partial charge in [0.15, 0.2) is 0 Å². The number of primary amides is 1. The topological polar surface area (TPSA) is 126 Å². The number of hydrogen-bond acceptors (Lipinski definition) is 5. The summed E-state index contributed by atoms with van der Waals surface area (Å²) in [5, 5.41) is 4.13. The lowest BCUT2D eigenvalue weighted by Gasteiger charge is -2.07. The zero-order valence-electron chi connectivity index (χ0n) is 18.0. The third-order valence-corrected chi connectivity index (χ3v) is 6.64. The second-order valence-electron chi connectivity index (χ2n) is 7.22. The number of rotatable bonds is 6. The summed E-state index contributed by atoms with van der Waals surface area (Å²) in [4.78, 5) is 12.1. The number of aromatic nitrogens is 3. The molecule has 0 saturated carbocycles. The van der Waals surface area contributed by atoms with Crippen LogP contribution < -0.4 is 11.5 Å². The van der Waals surface area contributed by atoms with Gasteiger partial charge in [-0.25, -0.2) is 12.4 Å². The van der Waals surface area contributed by atoms with Crippen LogP contribution in [0.1, 0.15) is 11.1 Å². The van der Waals surface area contributed by atoms with Crippen molar-refractivity contribution in [3.63, 3.8) is 0 Å². The zero-order valence-corrected chi connectivity index (χ0v) is 20.5. The van der Waals surface area contributed by atoms with Gasteiger partial charge < -0.3 is 11.5 Å². The number of para-hydroxylation sites is 1. The average Bonchev–Trinajstić information content (AvgIpc) is 3.42. The number of carbonyl (C=O) groups excluding carboxylic acids is 1.